The van der Waals surface area contributed by atoms with Gasteiger partial charge in [0.2, 0.25) is 5.91 Å². The molecule has 4 nitrogen and oxygen atoms in total. The van der Waals surface area contributed by atoms with E-state index in [1.165, 1.54) is 0 Å². The van der Waals surface area contributed by atoms with Crippen molar-refractivity contribution in [3.63, 3.8) is 0 Å². The molecule has 1 heterocycles. The molecule has 0 aliphatic rings. The molecule has 4 aromatic rings. The van der Waals surface area contributed by atoms with E-state index in [2.05, 4.69) is 10.3 Å². The van der Waals surface area contributed by atoms with E-state index in [4.69, 9.17) is 11.6 Å². The van der Waals surface area contributed by atoms with Crippen molar-refractivity contribution in [1.82, 2.24) is 10.3 Å². The first-order chi connectivity index (χ1) is 13.6. The Morgan fingerprint density at radius 3 is 2.54 bits per heavy atom. The fourth-order valence-corrected chi connectivity index (χ4v) is 3.70. The molecule has 28 heavy (non-hydrogen) atoms. The van der Waals surface area contributed by atoms with Gasteiger partial charge in [-0.05, 0) is 42.3 Å². The number of nitrogens with one attached hydrogen (secondary N) is 2. The first kappa shape index (κ1) is 18.5. The second-order valence-corrected chi connectivity index (χ2v) is 7.43. The van der Waals surface area contributed by atoms with Gasteiger partial charge in [-0.3, -0.25) is 4.79 Å². The van der Waals surface area contributed by atoms with E-state index in [0.717, 1.165) is 32.9 Å². The maximum Gasteiger partial charge on any atom is 0.227 e. The monoisotopic (exact) mass is 392 g/mol. The van der Waals surface area contributed by atoms with E-state index >= 15 is 0 Å². The van der Waals surface area contributed by atoms with Crippen LogP contribution in [-0.4, -0.2) is 22.6 Å². The predicted molar refractivity (Wildman–Crippen MR) is 114 cm³/mol. The molecule has 0 aliphatic heterocycles. The highest BCUT2D eigenvalue weighted by molar-refractivity contribution is 6.31. The van der Waals surface area contributed by atoms with Crippen LogP contribution in [0.1, 0.15) is 30.0 Å². The van der Waals surface area contributed by atoms with Crippen LogP contribution in [0.2, 0.25) is 5.02 Å². The lowest BCUT2D eigenvalue weighted by Crippen LogP contribution is -2.33. The third-order valence-electron chi connectivity index (χ3n) is 5.18. The smallest absolute Gasteiger partial charge is 0.227 e. The lowest BCUT2D eigenvalue weighted by Gasteiger charge is -2.20. The van der Waals surface area contributed by atoms with Crippen molar-refractivity contribution in [3.8, 4) is 0 Å². The van der Waals surface area contributed by atoms with Crippen molar-refractivity contribution in [2.24, 2.45) is 0 Å². The number of aromatic amines is 1. The molecule has 2 atom stereocenters. The van der Waals surface area contributed by atoms with Gasteiger partial charge in [0.05, 0.1) is 18.6 Å². The largest absolute Gasteiger partial charge is 0.394 e. The summed E-state index contributed by atoms with van der Waals surface area (Å²) in [5.41, 5.74) is 3.77. The summed E-state index contributed by atoms with van der Waals surface area (Å²) in [6, 6.07) is 20.8. The second kappa shape index (κ2) is 7.66. The van der Waals surface area contributed by atoms with Crippen LogP contribution in [0, 0.1) is 0 Å². The number of hydrogen-bond acceptors (Lipinski definition) is 2. The van der Waals surface area contributed by atoms with Crippen LogP contribution in [0.3, 0.4) is 0 Å². The summed E-state index contributed by atoms with van der Waals surface area (Å²) < 4.78 is 0. The number of aliphatic hydroxyl groups is 1. The molecule has 5 heteroatoms. The van der Waals surface area contributed by atoms with Gasteiger partial charge >= 0.3 is 0 Å². The molecule has 1 amide bonds. The van der Waals surface area contributed by atoms with Crippen LogP contribution in [0.25, 0.3) is 21.8 Å². The van der Waals surface area contributed by atoms with Crippen molar-refractivity contribution in [2.75, 3.05) is 6.61 Å². The number of aliphatic hydroxyl groups excluding tert-OH is 1. The molecule has 4 rings (SSSR count). The molecule has 0 saturated carbocycles. The Bertz CT molecular complexity index is 1140. The van der Waals surface area contributed by atoms with Gasteiger partial charge in [-0.15, -0.1) is 0 Å². The number of rotatable bonds is 5. The van der Waals surface area contributed by atoms with Gasteiger partial charge < -0.3 is 15.4 Å². The Hall–Kier alpha value is -2.82. The fraction of sp³-hybridized carbons (Fsp3) is 0.174. The summed E-state index contributed by atoms with van der Waals surface area (Å²) in [4.78, 5) is 16.2. The molecule has 0 aliphatic carbocycles. The summed E-state index contributed by atoms with van der Waals surface area (Å²) in [5.74, 6) is -0.474. The zero-order chi connectivity index (χ0) is 19.7. The van der Waals surface area contributed by atoms with E-state index in [9.17, 15) is 9.90 Å². The Balaban J connectivity index is 1.60. The molecule has 0 fully saturated rings. The van der Waals surface area contributed by atoms with Gasteiger partial charge in [0, 0.05) is 26.8 Å². The van der Waals surface area contributed by atoms with E-state index < -0.39 is 6.04 Å². The quantitative estimate of drug-likeness (QED) is 0.451. The fourth-order valence-electron chi connectivity index (χ4n) is 3.53. The van der Waals surface area contributed by atoms with E-state index in [0.29, 0.717) is 5.02 Å². The Morgan fingerprint density at radius 2 is 1.79 bits per heavy atom. The number of benzene rings is 3. The lowest BCUT2D eigenvalue weighted by atomic mass is 9.97. The summed E-state index contributed by atoms with van der Waals surface area (Å²) in [5, 5.41) is 15.5. The van der Waals surface area contributed by atoms with Crippen molar-refractivity contribution in [2.45, 2.75) is 18.9 Å². The number of carbonyl (C=O) groups excluding carboxylic acids is 1. The summed E-state index contributed by atoms with van der Waals surface area (Å²) in [6.45, 7) is 1.72. The number of aromatic nitrogens is 1. The van der Waals surface area contributed by atoms with Gasteiger partial charge in [-0.25, -0.2) is 0 Å². The Labute approximate surface area is 168 Å². The molecule has 1 aromatic heterocycles. The van der Waals surface area contributed by atoms with Crippen LogP contribution in [-0.2, 0) is 4.79 Å². The highest BCUT2D eigenvalue weighted by atomic mass is 35.5. The molecule has 142 valence electrons. The van der Waals surface area contributed by atoms with Crippen molar-refractivity contribution in [3.05, 3.63) is 82.9 Å². The normalized spacial score (nSPS) is 13.5. The predicted octanol–water partition coefficient (Wildman–Crippen LogP) is 4.93. The van der Waals surface area contributed by atoms with Crippen LogP contribution in [0.4, 0.5) is 0 Å². The Kier molecular flexibility index (Phi) is 5.07. The Morgan fingerprint density at radius 1 is 1.00 bits per heavy atom. The molecule has 0 bridgehead atoms. The van der Waals surface area contributed by atoms with Crippen LogP contribution >= 0.6 is 11.6 Å². The minimum Gasteiger partial charge on any atom is -0.394 e. The van der Waals surface area contributed by atoms with Crippen LogP contribution in [0.15, 0.2) is 66.7 Å². The number of carbonyl (C=O) groups is 1. The molecule has 0 spiro atoms. The lowest BCUT2D eigenvalue weighted by molar-refractivity contribution is -0.123. The maximum absolute atomic E-state index is 12.8. The van der Waals surface area contributed by atoms with Gasteiger partial charge in [-0.2, -0.15) is 0 Å². The molecule has 3 N–H and O–H groups in total. The average molecular weight is 393 g/mol. The number of fused-ring (bicyclic) bond motifs is 3. The van der Waals surface area contributed by atoms with Crippen molar-refractivity contribution >= 4 is 39.3 Å². The van der Waals surface area contributed by atoms with E-state index in [1.54, 1.807) is 0 Å². The molecule has 0 saturated heterocycles. The average Bonchev–Trinajstić information content (AvgIpc) is 3.08. The van der Waals surface area contributed by atoms with Crippen molar-refractivity contribution in [1.29, 1.82) is 0 Å². The van der Waals surface area contributed by atoms with Gasteiger partial charge in [0.25, 0.3) is 0 Å². The minimum absolute atomic E-state index is 0.124. The molecular formula is C23H21ClN2O2. The molecular weight excluding hydrogens is 372 g/mol. The number of hydrogen-bond donors (Lipinski definition) is 3. The standard InChI is InChI=1S/C23H21ClN2O2/c1-14(23(28)26-22(13-27)15-5-3-2-4-6-15)16-7-9-18-19-12-17(24)8-10-20(19)25-21(18)11-16/h2-12,14,22,25,27H,13H2,1H3,(H,26,28)/t14-,22+/m0/s1. The molecule has 3 aromatic carbocycles. The van der Waals surface area contributed by atoms with Gasteiger partial charge in [0.15, 0.2) is 0 Å². The summed E-state index contributed by atoms with van der Waals surface area (Å²) in [6.07, 6.45) is 0. The summed E-state index contributed by atoms with van der Waals surface area (Å²) >= 11 is 6.12. The zero-order valence-corrected chi connectivity index (χ0v) is 16.2. The third-order valence-corrected chi connectivity index (χ3v) is 5.41. The first-order valence-corrected chi connectivity index (χ1v) is 9.61. The second-order valence-electron chi connectivity index (χ2n) is 7.00. The molecule has 0 unspecified atom stereocenters. The highest BCUT2D eigenvalue weighted by Crippen LogP contribution is 2.30. The van der Waals surface area contributed by atoms with Crippen LogP contribution in [0.5, 0.6) is 0 Å². The van der Waals surface area contributed by atoms with Crippen molar-refractivity contribution < 1.29 is 9.90 Å². The number of halogens is 1. The van der Waals surface area contributed by atoms with Gasteiger partial charge in [-0.1, -0.05) is 54.1 Å². The highest BCUT2D eigenvalue weighted by Gasteiger charge is 2.20. The SMILES string of the molecule is C[C@H](C(=O)N[C@H](CO)c1ccccc1)c1ccc2c(c1)[nH]c1ccc(Cl)cc12. The van der Waals surface area contributed by atoms with E-state index in [1.807, 2.05) is 73.7 Å². The third kappa shape index (κ3) is 3.49. The number of H-pyrrole nitrogens is 1. The van der Waals surface area contributed by atoms with Crippen LogP contribution < -0.4 is 5.32 Å². The van der Waals surface area contributed by atoms with Gasteiger partial charge in [0.1, 0.15) is 0 Å². The first-order valence-electron chi connectivity index (χ1n) is 9.24. The topological polar surface area (TPSA) is 65.1 Å². The summed E-state index contributed by atoms with van der Waals surface area (Å²) in [7, 11) is 0. The maximum atomic E-state index is 12.8. The number of amides is 1. The molecule has 0 radical (unpaired) electrons. The zero-order valence-electron chi connectivity index (χ0n) is 15.4. The minimum atomic E-state index is -0.421. The van der Waals surface area contributed by atoms with E-state index in [-0.39, 0.29) is 18.4 Å².